The highest BCUT2D eigenvalue weighted by Crippen LogP contribution is 2.36. The van der Waals surface area contributed by atoms with Crippen LogP contribution in [0.3, 0.4) is 0 Å². The Morgan fingerprint density at radius 2 is 2.11 bits per heavy atom. The predicted octanol–water partition coefficient (Wildman–Crippen LogP) is 3.19. The zero-order valence-electron chi connectivity index (χ0n) is 11.5. The van der Waals surface area contributed by atoms with E-state index in [1.54, 1.807) is 18.0 Å². The lowest BCUT2D eigenvalue weighted by atomic mass is 9.92. The molecule has 1 aliphatic carbocycles. The molecule has 0 aliphatic heterocycles. The summed E-state index contributed by atoms with van der Waals surface area (Å²) in [6.07, 6.45) is 8.22. The second-order valence-electron chi connectivity index (χ2n) is 5.29. The van der Waals surface area contributed by atoms with Crippen LogP contribution in [0, 0.1) is 5.92 Å². The molecule has 1 atom stereocenters. The highest BCUT2D eigenvalue weighted by molar-refractivity contribution is 6.31. The van der Waals surface area contributed by atoms with Crippen molar-refractivity contribution < 1.29 is 9.84 Å². The van der Waals surface area contributed by atoms with Crippen LogP contribution >= 0.6 is 11.6 Å². The van der Waals surface area contributed by atoms with Gasteiger partial charge in [0.25, 0.3) is 0 Å². The molecule has 0 aromatic carbocycles. The molecule has 1 fully saturated rings. The Kier molecular flexibility index (Phi) is 5.67. The van der Waals surface area contributed by atoms with Crippen LogP contribution in [0.4, 0.5) is 0 Å². The number of halogens is 1. The number of aliphatic hydroxyl groups excluding tert-OH is 1. The third kappa shape index (κ3) is 3.71. The number of nitrogens with zero attached hydrogens (tertiary/aromatic N) is 2. The van der Waals surface area contributed by atoms with Gasteiger partial charge in [-0.3, -0.25) is 4.68 Å². The molecule has 0 amide bonds. The fourth-order valence-electron chi connectivity index (χ4n) is 2.87. The normalized spacial score (nSPS) is 19.3. The maximum atomic E-state index is 10.6. The van der Waals surface area contributed by atoms with Crippen LogP contribution < -0.4 is 0 Å². The zero-order chi connectivity index (χ0) is 13.7. The maximum absolute atomic E-state index is 10.6. The van der Waals surface area contributed by atoms with E-state index in [-0.39, 0.29) is 0 Å². The molecule has 1 saturated carbocycles. The number of methoxy groups -OCH3 is 1. The molecular weight excluding hydrogens is 264 g/mol. The molecule has 0 radical (unpaired) electrons. The van der Waals surface area contributed by atoms with E-state index in [9.17, 15) is 5.11 Å². The third-order valence-electron chi connectivity index (χ3n) is 3.97. The van der Waals surface area contributed by atoms with Crippen LogP contribution in [0.15, 0.2) is 6.20 Å². The molecule has 2 rings (SSSR count). The molecule has 0 spiro atoms. The van der Waals surface area contributed by atoms with Gasteiger partial charge in [-0.2, -0.15) is 5.10 Å². The number of hydrogen-bond acceptors (Lipinski definition) is 3. The third-order valence-corrected chi connectivity index (χ3v) is 4.26. The van der Waals surface area contributed by atoms with Crippen LogP contribution in [0.5, 0.6) is 0 Å². The molecule has 108 valence electrons. The summed E-state index contributed by atoms with van der Waals surface area (Å²) in [4.78, 5) is 0. The zero-order valence-corrected chi connectivity index (χ0v) is 12.3. The Labute approximate surface area is 119 Å². The summed E-state index contributed by atoms with van der Waals surface area (Å²) >= 11 is 6.19. The van der Waals surface area contributed by atoms with Crippen LogP contribution in [0.2, 0.25) is 5.02 Å². The van der Waals surface area contributed by atoms with E-state index in [1.807, 2.05) is 0 Å². The molecule has 1 heterocycles. The van der Waals surface area contributed by atoms with Gasteiger partial charge in [0.1, 0.15) is 0 Å². The fourth-order valence-corrected chi connectivity index (χ4v) is 3.12. The van der Waals surface area contributed by atoms with Crippen molar-refractivity contribution in [1.82, 2.24) is 9.78 Å². The Balaban J connectivity index is 2.12. The average Bonchev–Trinajstić information content (AvgIpc) is 2.64. The molecule has 1 aliphatic rings. The topological polar surface area (TPSA) is 47.3 Å². The van der Waals surface area contributed by atoms with E-state index >= 15 is 0 Å². The number of hydrogen-bond donors (Lipinski definition) is 1. The first kappa shape index (κ1) is 14.8. The molecule has 1 aromatic heterocycles. The van der Waals surface area contributed by atoms with E-state index in [0.29, 0.717) is 24.1 Å². The SMILES string of the molecule is COCCn1ncc(Cl)c1C(O)C1CCCCCC1. The van der Waals surface area contributed by atoms with Crippen LogP contribution in [0.25, 0.3) is 0 Å². The summed E-state index contributed by atoms with van der Waals surface area (Å²) < 4.78 is 6.85. The second-order valence-corrected chi connectivity index (χ2v) is 5.70. The van der Waals surface area contributed by atoms with Gasteiger partial charge in [-0.25, -0.2) is 0 Å². The minimum absolute atomic E-state index is 0.304. The van der Waals surface area contributed by atoms with E-state index in [4.69, 9.17) is 16.3 Å². The van der Waals surface area contributed by atoms with Crippen molar-refractivity contribution in [2.24, 2.45) is 5.92 Å². The van der Waals surface area contributed by atoms with Crippen LogP contribution in [-0.4, -0.2) is 28.6 Å². The van der Waals surface area contributed by atoms with Gasteiger partial charge in [0.05, 0.1) is 36.2 Å². The molecule has 4 nitrogen and oxygen atoms in total. The second kappa shape index (κ2) is 7.27. The van der Waals surface area contributed by atoms with Gasteiger partial charge in [-0.05, 0) is 18.8 Å². The minimum Gasteiger partial charge on any atom is -0.386 e. The van der Waals surface area contributed by atoms with Crippen molar-refractivity contribution in [3.05, 3.63) is 16.9 Å². The Hall–Kier alpha value is -0.580. The first-order chi connectivity index (χ1) is 9.24. The molecule has 0 saturated heterocycles. The van der Waals surface area contributed by atoms with Crippen molar-refractivity contribution in [2.45, 2.75) is 51.2 Å². The molecule has 1 N–H and O–H groups in total. The monoisotopic (exact) mass is 286 g/mol. The van der Waals surface area contributed by atoms with Gasteiger partial charge in [0.15, 0.2) is 0 Å². The molecule has 19 heavy (non-hydrogen) atoms. The minimum atomic E-state index is -0.509. The number of aliphatic hydroxyl groups is 1. The number of rotatable bonds is 5. The van der Waals surface area contributed by atoms with E-state index < -0.39 is 6.10 Å². The molecule has 1 aromatic rings. The highest BCUT2D eigenvalue weighted by atomic mass is 35.5. The fraction of sp³-hybridized carbons (Fsp3) is 0.786. The van der Waals surface area contributed by atoms with Gasteiger partial charge < -0.3 is 9.84 Å². The van der Waals surface area contributed by atoms with Crippen molar-refractivity contribution in [3.63, 3.8) is 0 Å². The maximum Gasteiger partial charge on any atom is 0.0999 e. The predicted molar refractivity (Wildman–Crippen MR) is 75.3 cm³/mol. The van der Waals surface area contributed by atoms with Gasteiger partial charge in [0, 0.05) is 7.11 Å². The lowest BCUT2D eigenvalue weighted by Gasteiger charge is -2.22. The van der Waals surface area contributed by atoms with E-state index in [2.05, 4.69) is 5.10 Å². The van der Waals surface area contributed by atoms with Gasteiger partial charge >= 0.3 is 0 Å². The summed E-state index contributed by atoms with van der Waals surface area (Å²) in [5.41, 5.74) is 0.755. The average molecular weight is 287 g/mol. The van der Waals surface area contributed by atoms with Crippen LogP contribution in [0.1, 0.15) is 50.3 Å². The van der Waals surface area contributed by atoms with Gasteiger partial charge in [-0.15, -0.1) is 0 Å². The molecule has 5 heteroatoms. The quantitative estimate of drug-likeness (QED) is 0.846. The molecule has 1 unspecified atom stereocenters. The smallest absolute Gasteiger partial charge is 0.0999 e. The highest BCUT2D eigenvalue weighted by Gasteiger charge is 2.27. The van der Waals surface area contributed by atoms with Crippen LogP contribution in [-0.2, 0) is 11.3 Å². The van der Waals surface area contributed by atoms with Crippen molar-refractivity contribution >= 4 is 11.6 Å². The Morgan fingerprint density at radius 3 is 2.74 bits per heavy atom. The summed E-state index contributed by atoms with van der Waals surface area (Å²) in [6.45, 7) is 1.20. The lowest BCUT2D eigenvalue weighted by molar-refractivity contribution is 0.0873. The molecule has 0 bridgehead atoms. The van der Waals surface area contributed by atoms with E-state index in [1.165, 1.54) is 25.7 Å². The molecular formula is C14H23ClN2O2. The lowest BCUT2D eigenvalue weighted by Crippen LogP contribution is -2.18. The van der Waals surface area contributed by atoms with Gasteiger partial charge in [0.2, 0.25) is 0 Å². The van der Waals surface area contributed by atoms with Crippen molar-refractivity contribution in [1.29, 1.82) is 0 Å². The first-order valence-corrected chi connectivity index (χ1v) is 7.50. The van der Waals surface area contributed by atoms with Crippen molar-refractivity contribution in [3.8, 4) is 0 Å². The number of aromatic nitrogens is 2. The first-order valence-electron chi connectivity index (χ1n) is 7.12. The number of ether oxygens (including phenoxy) is 1. The standard InChI is InChI=1S/C14H23ClN2O2/c1-19-9-8-17-13(12(15)10-16-17)14(18)11-6-4-2-3-5-7-11/h10-11,14,18H,2-9H2,1H3. The van der Waals surface area contributed by atoms with E-state index in [0.717, 1.165) is 18.5 Å². The summed E-state index contributed by atoms with van der Waals surface area (Å²) in [7, 11) is 1.66. The largest absolute Gasteiger partial charge is 0.386 e. The summed E-state index contributed by atoms with van der Waals surface area (Å²) in [5.74, 6) is 0.304. The summed E-state index contributed by atoms with van der Waals surface area (Å²) in [6, 6.07) is 0. The summed E-state index contributed by atoms with van der Waals surface area (Å²) in [5, 5.41) is 15.4. The Morgan fingerprint density at radius 1 is 1.42 bits per heavy atom. The van der Waals surface area contributed by atoms with Gasteiger partial charge in [-0.1, -0.05) is 37.3 Å². The Bertz CT molecular complexity index is 387. The van der Waals surface area contributed by atoms with Crippen molar-refractivity contribution in [2.75, 3.05) is 13.7 Å².